The lowest BCUT2D eigenvalue weighted by molar-refractivity contribution is -0.127. The quantitative estimate of drug-likeness (QED) is 0.718. The molecule has 0 bridgehead atoms. The number of carboxylic acid groups (broad SMARTS) is 1. The normalized spacial score (nSPS) is 11.9. The number of benzene rings is 1. The fourth-order valence-electron chi connectivity index (χ4n) is 2.00. The van der Waals surface area contributed by atoms with Crippen LogP contribution < -0.4 is 11.1 Å². The van der Waals surface area contributed by atoms with E-state index in [-0.39, 0.29) is 17.4 Å². The van der Waals surface area contributed by atoms with Gasteiger partial charge in [0.05, 0.1) is 12.0 Å². The molecule has 4 N–H and O–H groups in total. The van der Waals surface area contributed by atoms with Crippen molar-refractivity contribution in [3.8, 4) is 0 Å². The van der Waals surface area contributed by atoms with Crippen molar-refractivity contribution < 1.29 is 19.5 Å². The Labute approximate surface area is 135 Å². The minimum Gasteiger partial charge on any atom is -0.478 e. The van der Waals surface area contributed by atoms with Gasteiger partial charge in [-0.1, -0.05) is 32.9 Å². The lowest BCUT2D eigenvalue weighted by Gasteiger charge is -2.17. The Hall–Kier alpha value is -2.63. The van der Waals surface area contributed by atoms with Gasteiger partial charge in [0.2, 0.25) is 5.91 Å². The standard InChI is InChI=1S/C17H22N2O4/c1-17(2,3)10-13(18)9-15(21)19-14(20)8-11-4-6-12(7-5-11)16(22)23/h4-7,9H,8,10,18H2,1-3H3,(H,22,23)(H,19,20,21). The van der Waals surface area contributed by atoms with Gasteiger partial charge in [-0.05, 0) is 29.5 Å². The molecule has 0 aromatic heterocycles. The first-order valence-electron chi connectivity index (χ1n) is 7.19. The van der Waals surface area contributed by atoms with Crippen LogP contribution in [-0.4, -0.2) is 22.9 Å². The second-order valence-electron chi connectivity index (χ2n) is 6.55. The summed E-state index contributed by atoms with van der Waals surface area (Å²) < 4.78 is 0. The summed E-state index contributed by atoms with van der Waals surface area (Å²) in [5.74, 6) is -2.06. The zero-order valence-corrected chi connectivity index (χ0v) is 13.6. The van der Waals surface area contributed by atoms with Gasteiger partial charge in [0.25, 0.3) is 5.91 Å². The van der Waals surface area contributed by atoms with Crippen molar-refractivity contribution in [2.45, 2.75) is 33.6 Å². The first kappa shape index (κ1) is 18.4. The smallest absolute Gasteiger partial charge is 0.335 e. The maximum Gasteiger partial charge on any atom is 0.335 e. The van der Waals surface area contributed by atoms with Crippen LogP contribution in [0.4, 0.5) is 0 Å². The van der Waals surface area contributed by atoms with Gasteiger partial charge >= 0.3 is 5.97 Å². The van der Waals surface area contributed by atoms with Crippen LogP contribution in [-0.2, 0) is 16.0 Å². The van der Waals surface area contributed by atoms with Crippen LogP contribution in [0.2, 0.25) is 0 Å². The fourth-order valence-corrected chi connectivity index (χ4v) is 2.00. The number of imide groups is 1. The highest BCUT2D eigenvalue weighted by Gasteiger charge is 2.13. The molecule has 0 radical (unpaired) electrons. The largest absolute Gasteiger partial charge is 0.478 e. The predicted octanol–water partition coefficient (Wildman–Crippen LogP) is 1.85. The Morgan fingerprint density at radius 2 is 1.74 bits per heavy atom. The van der Waals surface area contributed by atoms with Crippen molar-refractivity contribution in [3.63, 3.8) is 0 Å². The minimum absolute atomic E-state index is 0.0152. The lowest BCUT2D eigenvalue weighted by atomic mass is 9.90. The molecule has 0 aliphatic heterocycles. The second kappa shape index (κ2) is 7.58. The molecule has 124 valence electrons. The first-order valence-corrected chi connectivity index (χ1v) is 7.19. The van der Waals surface area contributed by atoms with Crippen LogP contribution in [0.1, 0.15) is 43.1 Å². The zero-order valence-electron chi connectivity index (χ0n) is 13.6. The van der Waals surface area contributed by atoms with Crippen LogP contribution in [0.25, 0.3) is 0 Å². The third-order valence-corrected chi connectivity index (χ3v) is 2.88. The second-order valence-corrected chi connectivity index (χ2v) is 6.55. The van der Waals surface area contributed by atoms with E-state index < -0.39 is 17.8 Å². The molecule has 0 aliphatic rings. The lowest BCUT2D eigenvalue weighted by Crippen LogP contribution is -2.31. The first-order chi connectivity index (χ1) is 10.6. The average Bonchev–Trinajstić information content (AvgIpc) is 2.36. The molecule has 0 aliphatic carbocycles. The Morgan fingerprint density at radius 3 is 2.22 bits per heavy atom. The van der Waals surface area contributed by atoms with E-state index in [1.807, 2.05) is 20.8 Å². The van der Waals surface area contributed by atoms with Crippen LogP contribution in [0.15, 0.2) is 36.0 Å². The number of carbonyl (C=O) groups is 3. The molecule has 6 nitrogen and oxygen atoms in total. The Morgan fingerprint density at radius 1 is 1.17 bits per heavy atom. The Balaban J connectivity index is 2.57. The van der Waals surface area contributed by atoms with Gasteiger partial charge < -0.3 is 10.8 Å². The van der Waals surface area contributed by atoms with Gasteiger partial charge in [-0.2, -0.15) is 0 Å². The molecule has 0 fully saturated rings. The Bertz CT molecular complexity index is 625. The summed E-state index contributed by atoms with van der Waals surface area (Å²) in [6.45, 7) is 5.99. The van der Waals surface area contributed by atoms with Crippen molar-refractivity contribution in [2.24, 2.45) is 11.1 Å². The predicted molar refractivity (Wildman–Crippen MR) is 86.6 cm³/mol. The summed E-state index contributed by atoms with van der Waals surface area (Å²) in [5, 5.41) is 11.0. The van der Waals surface area contributed by atoms with E-state index in [0.29, 0.717) is 17.7 Å². The number of carboxylic acids is 1. The van der Waals surface area contributed by atoms with Gasteiger partial charge in [0.1, 0.15) is 0 Å². The minimum atomic E-state index is -1.03. The van der Waals surface area contributed by atoms with Crippen molar-refractivity contribution in [1.29, 1.82) is 0 Å². The summed E-state index contributed by atoms with van der Waals surface area (Å²) in [6, 6.07) is 5.90. The van der Waals surface area contributed by atoms with Gasteiger partial charge in [0, 0.05) is 11.8 Å². The van der Waals surface area contributed by atoms with Crippen LogP contribution in [0, 0.1) is 5.41 Å². The fraction of sp³-hybridized carbons (Fsp3) is 0.353. The summed E-state index contributed by atoms with van der Waals surface area (Å²) in [4.78, 5) is 34.2. The van der Waals surface area contributed by atoms with E-state index in [1.54, 1.807) is 0 Å². The van der Waals surface area contributed by atoms with Crippen LogP contribution >= 0.6 is 0 Å². The molecule has 2 amide bonds. The number of nitrogens with one attached hydrogen (secondary N) is 1. The van der Waals surface area contributed by atoms with Crippen molar-refractivity contribution in [2.75, 3.05) is 0 Å². The van der Waals surface area contributed by atoms with E-state index in [9.17, 15) is 14.4 Å². The summed E-state index contributed by atoms with van der Waals surface area (Å²) in [7, 11) is 0. The van der Waals surface area contributed by atoms with E-state index in [0.717, 1.165) is 0 Å². The molecule has 6 heteroatoms. The topological polar surface area (TPSA) is 109 Å². The van der Waals surface area contributed by atoms with Gasteiger partial charge in [-0.3, -0.25) is 14.9 Å². The molecule has 1 rings (SSSR count). The molecular weight excluding hydrogens is 296 g/mol. The van der Waals surface area contributed by atoms with Gasteiger partial charge in [0.15, 0.2) is 0 Å². The van der Waals surface area contributed by atoms with Gasteiger partial charge in [-0.15, -0.1) is 0 Å². The van der Waals surface area contributed by atoms with Crippen LogP contribution in [0.5, 0.6) is 0 Å². The highest BCUT2D eigenvalue weighted by Crippen LogP contribution is 2.21. The van der Waals surface area contributed by atoms with E-state index in [4.69, 9.17) is 10.8 Å². The Kier molecular flexibility index (Phi) is 6.07. The summed E-state index contributed by atoms with van der Waals surface area (Å²) >= 11 is 0. The molecule has 1 aromatic carbocycles. The third kappa shape index (κ3) is 7.26. The number of hydrogen-bond acceptors (Lipinski definition) is 4. The number of allylic oxidation sites excluding steroid dienone is 1. The highest BCUT2D eigenvalue weighted by molar-refractivity contribution is 6.01. The number of carbonyl (C=O) groups excluding carboxylic acids is 2. The van der Waals surface area contributed by atoms with Crippen LogP contribution in [0.3, 0.4) is 0 Å². The molecule has 0 saturated carbocycles. The van der Waals surface area contributed by atoms with Gasteiger partial charge in [-0.25, -0.2) is 4.79 Å². The molecule has 0 saturated heterocycles. The number of amides is 2. The monoisotopic (exact) mass is 318 g/mol. The van der Waals surface area contributed by atoms with Crippen molar-refractivity contribution in [1.82, 2.24) is 5.32 Å². The van der Waals surface area contributed by atoms with E-state index in [2.05, 4.69) is 5.32 Å². The molecule has 0 unspecified atom stereocenters. The maximum atomic E-state index is 11.8. The van der Waals surface area contributed by atoms with Crippen molar-refractivity contribution in [3.05, 3.63) is 47.2 Å². The number of nitrogens with two attached hydrogens (primary N) is 1. The van der Waals surface area contributed by atoms with E-state index >= 15 is 0 Å². The molecule has 0 heterocycles. The molecule has 23 heavy (non-hydrogen) atoms. The summed E-state index contributed by atoms with van der Waals surface area (Å²) in [6.07, 6.45) is 1.75. The average molecular weight is 318 g/mol. The number of aromatic carboxylic acids is 1. The molecular formula is C17H22N2O4. The zero-order chi connectivity index (χ0) is 17.6. The van der Waals surface area contributed by atoms with Crippen molar-refractivity contribution >= 4 is 17.8 Å². The molecule has 1 aromatic rings. The summed E-state index contributed by atoms with van der Waals surface area (Å²) in [5.41, 5.74) is 6.89. The number of rotatable bonds is 5. The molecule has 0 atom stereocenters. The maximum absolute atomic E-state index is 11.8. The SMILES string of the molecule is CC(C)(C)CC(N)=CC(=O)NC(=O)Cc1ccc(C(=O)O)cc1. The highest BCUT2D eigenvalue weighted by atomic mass is 16.4. The number of hydrogen-bond donors (Lipinski definition) is 3. The van der Waals surface area contributed by atoms with E-state index in [1.165, 1.54) is 30.3 Å². The molecule has 0 spiro atoms. The third-order valence-electron chi connectivity index (χ3n) is 2.88.